The zero-order valence-corrected chi connectivity index (χ0v) is 18.1. The lowest BCUT2D eigenvalue weighted by Gasteiger charge is -2.14. The van der Waals surface area contributed by atoms with Gasteiger partial charge in [0.2, 0.25) is 10.0 Å². The van der Waals surface area contributed by atoms with Gasteiger partial charge < -0.3 is 5.32 Å². The lowest BCUT2D eigenvalue weighted by atomic mass is 10.0. The molecule has 164 valence electrons. The van der Waals surface area contributed by atoms with Crippen LogP contribution in [0.25, 0.3) is 5.69 Å². The van der Waals surface area contributed by atoms with E-state index < -0.39 is 15.8 Å². The Balaban J connectivity index is 1.72. The predicted octanol–water partition coefficient (Wildman–Crippen LogP) is 3.24. The highest BCUT2D eigenvalue weighted by atomic mass is 32.2. The van der Waals surface area contributed by atoms with Gasteiger partial charge in [-0.05, 0) is 36.6 Å². The van der Waals surface area contributed by atoms with Crippen LogP contribution < -0.4 is 10.5 Å². The molecule has 1 aliphatic rings. The van der Waals surface area contributed by atoms with Crippen LogP contribution in [0, 0.1) is 5.82 Å². The van der Waals surface area contributed by atoms with E-state index in [4.69, 9.17) is 10.1 Å². The largest absolute Gasteiger partial charge is 0.307 e. The average Bonchev–Trinajstić information content (AvgIpc) is 3.41. The van der Waals surface area contributed by atoms with Gasteiger partial charge >= 0.3 is 0 Å². The fourth-order valence-electron chi connectivity index (χ4n) is 3.99. The summed E-state index contributed by atoms with van der Waals surface area (Å²) in [6, 6.07) is 13.8. The summed E-state index contributed by atoms with van der Waals surface area (Å²) >= 11 is 0. The van der Waals surface area contributed by atoms with Gasteiger partial charge in [0.1, 0.15) is 17.3 Å². The molecule has 31 heavy (non-hydrogen) atoms. The SMILES string of the molecule is CC(c1ccccc1)c1nc(CNC2CCCC2)nn1-c1ccc(S(N)(=O)=O)cc1F. The molecule has 7 nitrogen and oxygen atoms in total. The summed E-state index contributed by atoms with van der Waals surface area (Å²) in [5.74, 6) is 0.274. The van der Waals surface area contributed by atoms with E-state index >= 15 is 0 Å². The molecule has 1 saturated carbocycles. The van der Waals surface area contributed by atoms with E-state index in [-0.39, 0.29) is 16.5 Å². The van der Waals surface area contributed by atoms with E-state index in [0.29, 0.717) is 24.2 Å². The minimum atomic E-state index is -4.00. The number of nitrogens with one attached hydrogen (secondary N) is 1. The number of rotatable bonds is 7. The predicted molar refractivity (Wildman–Crippen MR) is 116 cm³/mol. The van der Waals surface area contributed by atoms with Crippen molar-refractivity contribution >= 4 is 10.0 Å². The van der Waals surface area contributed by atoms with Crippen molar-refractivity contribution in [3.63, 3.8) is 0 Å². The number of aromatic nitrogens is 3. The number of nitrogens with two attached hydrogens (primary N) is 1. The van der Waals surface area contributed by atoms with Gasteiger partial charge in [-0.3, -0.25) is 0 Å². The summed E-state index contributed by atoms with van der Waals surface area (Å²) in [7, 11) is -4.00. The number of halogens is 1. The lowest BCUT2D eigenvalue weighted by Crippen LogP contribution is -2.25. The van der Waals surface area contributed by atoms with Crippen LogP contribution >= 0.6 is 0 Å². The van der Waals surface area contributed by atoms with Gasteiger partial charge in [-0.2, -0.15) is 0 Å². The second-order valence-corrected chi connectivity index (χ2v) is 9.51. The molecule has 4 rings (SSSR count). The van der Waals surface area contributed by atoms with Crippen molar-refractivity contribution in [1.29, 1.82) is 0 Å². The van der Waals surface area contributed by atoms with Crippen LogP contribution in [0.3, 0.4) is 0 Å². The molecule has 0 bridgehead atoms. The number of hydrogen-bond acceptors (Lipinski definition) is 5. The third-order valence-electron chi connectivity index (χ3n) is 5.74. The Bertz CT molecular complexity index is 1160. The Labute approximate surface area is 181 Å². The smallest absolute Gasteiger partial charge is 0.238 e. The molecule has 1 atom stereocenters. The number of nitrogens with zero attached hydrogens (tertiary/aromatic N) is 3. The summed E-state index contributed by atoms with van der Waals surface area (Å²) in [5.41, 5.74) is 1.15. The summed E-state index contributed by atoms with van der Waals surface area (Å²) in [6.45, 7) is 2.48. The molecule has 3 aromatic rings. The molecule has 1 aromatic heterocycles. The maximum absolute atomic E-state index is 14.9. The number of hydrogen-bond donors (Lipinski definition) is 2. The normalized spacial score (nSPS) is 16.0. The summed E-state index contributed by atoms with van der Waals surface area (Å²) in [6.07, 6.45) is 4.71. The minimum absolute atomic E-state index is 0.129. The molecular formula is C22H26FN5O2S. The van der Waals surface area contributed by atoms with Crippen molar-refractivity contribution in [3.8, 4) is 5.69 Å². The minimum Gasteiger partial charge on any atom is -0.307 e. The van der Waals surface area contributed by atoms with Crippen LogP contribution in [-0.4, -0.2) is 29.2 Å². The highest BCUT2D eigenvalue weighted by molar-refractivity contribution is 7.89. The molecule has 0 amide bonds. The van der Waals surface area contributed by atoms with Gasteiger partial charge in [-0.1, -0.05) is 50.1 Å². The van der Waals surface area contributed by atoms with Crippen LogP contribution in [0.5, 0.6) is 0 Å². The first kappa shape index (κ1) is 21.6. The van der Waals surface area contributed by atoms with Gasteiger partial charge in [0.05, 0.1) is 11.4 Å². The van der Waals surface area contributed by atoms with E-state index in [1.54, 1.807) is 0 Å². The Kier molecular flexibility index (Phi) is 6.17. The molecular weight excluding hydrogens is 417 g/mol. The van der Waals surface area contributed by atoms with Crippen LogP contribution in [0.2, 0.25) is 0 Å². The molecule has 1 fully saturated rings. The van der Waals surface area contributed by atoms with Crippen LogP contribution in [0.1, 0.15) is 55.7 Å². The zero-order chi connectivity index (χ0) is 22.0. The van der Waals surface area contributed by atoms with Crippen LogP contribution in [0.4, 0.5) is 4.39 Å². The molecule has 9 heteroatoms. The summed E-state index contributed by atoms with van der Waals surface area (Å²) in [5, 5.41) is 13.2. The van der Waals surface area contributed by atoms with Crippen molar-refractivity contribution < 1.29 is 12.8 Å². The third-order valence-corrected chi connectivity index (χ3v) is 6.65. The average molecular weight is 444 g/mol. The number of benzene rings is 2. The summed E-state index contributed by atoms with van der Waals surface area (Å²) in [4.78, 5) is 4.43. The Morgan fingerprint density at radius 1 is 1.19 bits per heavy atom. The zero-order valence-electron chi connectivity index (χ0n) is 17.3. The number of sulfonamides is 1. The van der Waals surface area contributed by atoms with Crippen LogP contribution in [0.15, 0.2) is 53.4 Å². The Morgan fingerprint density at radius 2 is 1.90 bits per heavy atom. The Hall–Kier alpha value is -2.62. The second-order valence-electron chi connectivity index (χ2n) is 7.95. The van der Waals surface area contributed by atoms with Crippen molar-refractivity contribution in [1.82, 2.24) is 20.1 Å². The molecule has 0 aliphatic heterocycles. The summed E-state index contributed by atoms with van der Waals surface area (Å²) < 4.78 is 39.5. The van der Waals surface area contributed by atoms with E-state index in [0.717, 1.165) is 24.5 Å². The highest BCUT2D eigenvalue weighted by Crippen LogP contribution is 2.27. The first-order valence-electron chi connectivity index (χ1n) is 10.4. The molecule has 1 aliphatic carbocycles. The van der Waals surface area contributed by atoms with Gasteiger partial charge in [-0.25, -0.2) is 27.6 Å². The molecule has 3 N–H and O–H groups in total. The molecule has 0 saturated heterocycles. The molecule has 0 spiro atoms. The number of primary sulfonamides is 1. The molecule has 2 aromatic carbocycles. The van der Waals surface area contributed by atoms with Gasteiger partial charge in [0.15, 0.2) is 5.82 Å². The van der Waals surface area contributed by atoms with Crippen molar-refractivity contribution in [2.75, 3.05) is 0 Å². The first-order valence-corrected chi connectivity index (χ1v) is 11.9. The van der Waals surface area contributed by atoms with Crippen LogP contribution in [-0.2, 0) is 16.6 Å². The van der Waals surface area contributed by atoms with Crippen molar-refractivity contribution in [3.05, 3.63) is 71.6 Å². The molecule has 1 heterocycles. The second kappa shape index (κ2) is 8.86. The monoisotopic (exact) mass is 443 g/mol. The van der Waals surface area contributed by atoms with Gasteiger partial charge in [0.25, 0.3) is 0 Å². The maximum Gasteiger partial charge on any atom is 0.238 e. The van der Waals surface area contributed by atoms with E-state index in [1.165, 1.54) is 29.7 Å². The van der Waals surface area contributed by atoms with Crippen molar-refractivity contribution in [2.24, 2.45) is 5.14 Å². The fraction of sp³-hybridized carbons (Fsp3) is 0.364. The standard InChI is InChI=1S/C22H26FN5O2S/c1-15(16-7-3-2-4-8-16)22-26-21(14-25-17-9-5-6-10-17)27-28(22)20-12-11-18(13-19(20)23)31(24,29)30/h2-4,7-8,11-13,15,17,25H,5-6,9-10,14H2,1H3,(H2,24,29,30). The van der Waals surface area contributed by atoms with Gasteiger partial charge in [-0.15, -0.1) is 5.10 Å². The van der Waals surface area contributed by atoms with Crippen molar-refractivity contribution in [2.45, 2.75) is 56.0 Å². The van der Waals surface area contributed by atoms with E-state index in [9.17, 15) is 12.8 Å². The molecule has 1 unspecified atom stereocenters. The first-order chi connectivity index (χ1) is 14.8. The van der Waals surface area contributed by atoms with E-state index in [2.05, 4.69) is 10.4 Å². The van der Waals surface area contributed by atoms with E-state index in [1.807, 2.05) is 37.3 Å². The Morgan fingerprint density at radius 3 is 2.55 bits per heavy atom. The fourth-order valence-corrected chi connectivity index (χ4v) is 4.52. The third kappa shape index (κ3) is 4.84. The van der Waals surface area contributed by atoms with Gasteiger partial charge in [0, 0.05) is 12.0 Å². The quantitative estimate of drug-likeness (QED) is 0.584. The lowest BCUT2D eigenvalue weighted by molar-refractivity contribution is 0.512. The molecule has 0 radical (unpaired) electrons. The topological polar surface area (TPSA) is 103 Å². The maximum atomic E-state index is 14.9. The highest BCUT2D eigenvalue weighted by Gasteiger charge is 2.23.